The Kier molecular flexibility index (Phi) is 1.43. The van der Waals surface area contributed by atoms with Gasteiger partial charge >= 0.3 is 0 Å². The predicted octanol–water partition coefficient (Wildman–Crippen LogP) is 2.74. The lowest BCUT2D eigenvalue weighted by atomic mass is 10.1. The third kappa shape index (κ3) is 1.46. The SMILES string of the molecule is C=C1C=C(C)C=C(C)[N-]1. The fraction of sp³-hybridized carbons (Fsp3) is 0.250. The first-order valence-electron chi connectivity index (χ1n) is 2.96. The van der Waals surface area contributed by atoms with E-state index in [1.165, 1.54) is 5.57 Å². The molecule has 0 aromatic carbocycles. The second kappa shape index (κ2) is 2.09. The van der Waals surface area contributed by atoms with Crippen molar-refractivity contribution in [3.05, 3.63) is 41.0 Å². The van der Waals surface area contributed by atoms with Crippen LogP contribution in [-0.2, 0) is 0 Å². The van der Waals surface area contributed by atoms with Crippen LogP contribution < -0.4 is 0 Å². The number of hydrogen-bond donors (Lipinski definition) is 0. The average Bonchev–Trinajstić information content (AvgIpc) is 1.59. The zero-order chi connectivity index (χ0) is 6.85. The van der Waals surface area contributed by atoms with Gasteiger partial charge in [0.15, 0.2) is 0 Å². The third-order valence-corrected chi connectivity index (χ3v) is 1.15. The zero-order valence-corrected chi connectivity index (χ0v) is 5.81. The van der Waals surface area contributed by atoms with Gasteiger partial charge in [-0.15, -0.1) is 12.3 Å². The van der Waals surface area contributed by atoms with Crippen LogP contribution in [0.1, 0.15) is 13.8 Å². The number of nitrogens with zero attached hydrogens (tertiary/aromatic N) is 1. The van der Waals surface area contributed by atoms with Crippen molar-refractivity contribution < 1.29 is 0 Å². The highest BCUT2D eigenvalue weighted by Crippen LogP contribution is 2.21. The van der Waals surface area contributed by atoms with Crippen molar-refractivity contribution in [3.63, 3.8) is 0 Å². The van der Waals surface area contributed by atoms with Crippen LogP contribution in [0.25, 0.3) is 5.32 Å². The van der Waals surface area contributed by atoms with E-state index in [1.54, 1.807) is 0 Å². The molecule has 1 nitrogen and oxygen atoms in total. The molecular formula is C8H10N-. The van der Waals surface area contributed by atoms with E-state index in [0.29, 0.717) is 0 Å². The van der Waals surface area contributed by atoms with Gasteiger partial charge in [0, 0.05) is 0 Å². The summed E-state index contributed by atoms with van der Waals surface area (Å²) in [5.41, 5.74) is 3.13. The van der Waals surface area contributed by atoms with Crippen LogP contribution in [0, 0.1) is 0 Å². The van der Waals surface area contributed by atoms with Crippen molar-refractivity contribution in [1.29, 1.82) is 0 Å². The molecule has 1 rings (SSSR count). The quantitative estimate of drug-likeness (QED) is 0.466. The Bertz CT molecular complexity index is 197. The molecule has 1 heteroatoms. The van der Waals surface area contributed by atoms with Gasteiger partial charge in [0.25, 0.3) is 0 Å². The summed E-state index contributed by atoms with van der Waals surface area (Å²) in [4.78, 5) is 0. The van der Waals surface area contributed by atoms with Gasteiger partial charge in [-0.2, -0.15) is 5.70 Å². The van der Waals surface area contributed by atoms with Gasteiger partial charge in [-0.05, 0) is 6.92 Å². The Labute approximate surface area is 55.8 Å². The summed E-state index contributed by atoms with van der Waals surface area (Å²) >= 11 is 0. The monoisotopic (exact) mass is 120 g/mol. The zero-order valence-electron chi connectivity index (χ0n) is 5.81. The van der Waals surface area contributed by atoms with Crippen LogP contribution in [0.2, 0.25) is 0 Å². The van der Waals surface area contributed by atoms with Crippen molar-refractivity contribution >= 4 is 0 Å². The highest BCUT2D eigenvalue weighted by molar-refractivity contribution is 5.47. The van der Waals surface area contributed by atoms with Gasteiger partial charge in [-0.3, -0.25) is 0 Å². The molecule has 0 saturated heterocycles. The molecule has 0 amide bonds. The molecule has 0 unspecified atom stereocenters. The van der Waals surface area contributed by atoms with E-state index in [-0.39, 0.29) is 0 Å². The molecule has 1 heterocycles. The lowest BCUT2D eigenvalue weighted by Gasteiger charge is -2.27. The summed E-state index contributed by atoms with van der Waals surface area (Å²) in [6, 6.07) is 0. The molecule has 0 radical (unpaired) electrons. The summed E-state index contributed by atoms with van der Waals surface area (Å²) in [6.45, 7) is 7.75. The first-order chi connectivity index (χ1) is 4.18. The Hall–Kier alpha value is -0.980. The number of allylic oxidation sites excluding steroid dienone is 4. The first-order valence-corrected chi connectivity index (χ1v) is 2.96. The largest absolute Gasteiger partial charge is 0.662 e. The molecular weight excluding hydrogens is 110 g/mol. The van der Waals surface area contributed by atoms with Crippen LogP contribution in [0.15, 0.2) is 35.7 Å². The van der Waals surface area contributed by atoms with Crippen LogP contribution in [0.5, 0.6) is 0 Å². The number of hydrogen-bond acceptors (Lipinski definition) is 0. The summed E-state index contributed by atoms with van der Waals surface area (Å²) in [5, 5.41) is 4.12. The van der Waals surface area contributed by atoms with Gasteiger partial charge < -0.3 is 5.32 Å². The molecule has 0 spiro atoms. The molecule has 0 aliphatic carbocycles. The maximum atomic E-state index is 4.12. The highest BCUT2D eigenvalue weighted by Gasteiger charge is 1.86. The molecule has 0 saturated carbocycles. The van der Waals surface area contributed by atoms with Crippen molar-refractivity contribution in [3.8, 4) is 0 Å². The Morgan fingerprint density at radius 1 is 1.33 bits per heavy atom. The van der Waals surface area contributed by atoms with Gasteiger partial charge in [0.2, 0.25) is 0 Å². The standard InChI is InChI=1S/C8H10N/c1-6-4-7(2)9-8(3)5-6/h4-5H,2H2,1,3H3/q-1. The fourth-order valence-electron chi connectivity index (χ4n) is 0.925. The lowest BCUT2D eigenvalue weighted by molar-refractivity contribution is 1.32. The van der Waals surface area contributed by atoms with E-state index >= 15 is 0 Å². The van der Waals surface area contributed by atoms with Gasteiger partial charge in [-0.1, -0.05) is 24.6 Å². The lowest BCUT2D eigenvalue weighted by Crippen LogP contribution is -1.85. The maximum absolute atomic E-state index is 4.12. The molecule has 0 N–H and O–H groups in total. The summed E-state index contributed by atoms with van der Waals surface area (Å²) in [7, 11) is 0. The molecule has 9 heavy (non-hydrogen) atoms. The minimum absolute atomic E-state index is 0.854. The maximum Gasteiger partial charge on any atom is -0.0399 e. The van der Waals surface area contributed by atoms with Crippen molar-refractivity contribution in [2.75, 3.05) is 0 Å². The third-order valence-electron chi connectivity index (χ3n) is 1.15. The Morgan fingerprint density at radius 2 is 2.00 bits per heavy atom. The number of rotatable bonds is 0. The Balaban J connectivity index is 2.86. The van der Waals surface area contributed by atoms with Crippen molar-refractivity contribution in [1.82, 2.24) is 0 Å². The van der Waals surface area contributed by atoms with E-state index in [0.717, 1.165) is 11.4 Å². The topological polar surface area (TPSA) is 14.1 Å². The summed E-state index contributed by atoms with van der Waals surface area (Å²) in [5.74, 6) is 0. The smallest absolute Gasteiger partial charge is 0.0399 e. The van der Waals surface area contributed by atoms with E-state index < -0.39 is 0 Å². The summed E-state index contributed by atoms with van der Waals surface area (Å²) in [6.07, 6.45) is 4.00. The van der Waals surface area contributed by atoms with Crippen LogP contribution >= 0.6 is 0 Å². The molecule has 0 aromatic rings. The minimum Gasteiger partial charge on any atom is -0.662 e. The van der Waals surface area contributed by atoms with E-state index in [1.807, 2.05) is 26.0 Å². The van der Waals surface area contributed by atoms with Crippen LogP contribution in [0.3, 0.4) is 0 Å². The Morgan fingerprint density at radius 3 is 2.44 bits per heavy atom. The molecule has 0 atom stereocenters. The average molecular weight is 120 g/mol. The molecule has 0 bridgehead atoms. The first kappa shape index (κ1) is 6.14. The van der Waals surface area contributed by atoms with Gasteiger partial charge in [0.1, 0.15) is 0 Å². The van der Waals surface area contributed by atoms with Crippen molar-refractivity contribution in [2.45, 2.75) is 13.8 Å². The molecule has 1 aliphatic rings. The molecule has 0 aromatic heterocycles. The van der Waals surface area contributed by atoms with Gasteiger partial charge in [0.05, 0.1) is 0 Å². The van der Waals surface area contributed by atoms with Gasteiger partial charge in [-0.25, -0.2) is 0 Å². The molecule has 48 valence electrons. The fourth-order valence-corrected chi connectivity index (χ4v) is 0.925. The molecule has 1 aliphatic heterocycles. The van der Waals surface area contributed by atoms with E-state index in [4.69, 9.17) is 0 Å². The van der Waals surface area contributed by atoms with E-state index in [2.05, 4.69) is 11.9 Å². The van der Waals surface area contributed by atoms with Crippen molar-refractivity contribution in [2.24, 2.45) is 0 Å². The summed E-state index contributed by atoms with van der Waals surface area (Å²) < 4.78 is 0. The second-order valence-electron chi connectivity index (χ2n) is 2.28. The van der Waals surface area contributed by atoms with Crippen LogP contribution in [0.4, 0.5) is 0 Å². The highest BCUT2D eigenvalue weighted by atomic mass is 14.9. The normalized spacial score (nSPS) is 18.2. The van der Waals surface area contributed by atoms with E-state index in [9.17, 15) is 0 Å². The molecule has 0 fully saturated rings. The predicted molar refractivity (Wildman–Crippen MR) is 40.0 cm³/mol. The minimum atomic E-state index is 0.854. The second-order valence-corrected chi connectivity index (χ2v) is 2.28. The van der Waals surface area contributed by atoms with Crippen LogP contribution in [-0.4, -0.2) is 0 Å².